The number of carbonyl (C=O) groups excluding carboxylic acids is 2. The van der Waals surface area contributed by atoms with E-state index in [1.54, 1.807) is 13.8 Å². The summed E-state index contributed by atoms with van der Waals surface area (Å²) in [6, 6.07) is 14.3. The standard InChI is InChI=1S/C24H24ClFN4O6S2/c1-15(2)22(30-38(35,36)21-9-4-3-8-20(21)26)24(32)28-27-23(31)16-6-5-7-19(14-16)37(33,34)29-18-12-10-17(25)11-13-18/h3-15,22,29-30H,1-2H3,(H,27,31)(H,28,32)/t22-/m0/s1. The highest BCUT2D eigenvalue weighted by Gasteiger charge is 2.30. The zero-order valence-electron chi connectivity index (χ0n) is 20.1. The van der Waals surface area contributed by atoms with Crippen molar-refractivity contribution in [3.8, 4) is 0 Å². The number of halogens is 2. The van der Waals surface area contributed by atoms with Gasteiger partial charge in [0.1, 0.15) is 16.8 Å². The van der Waals surface area contributed by atoms with Crippen LogP contribution in [-0.4, -0.2) is 34.7 Å². The van der Waals surface area contributed by atoms with Crippen molar-refractivity contribution < 1.29 is 30.8 Å². The van der Waals surface area contributed by atoms with Gasteiger partial charge in [0, 0.05) is 16.3 Å². The predicted molar refractivity (Wildman–Crippen MR) is 140 cm³/mol. The number of sulfonamides is 2. The lowest BCUT2D eigenvalue weighted by Gasteiger charge is -2.22. The molecule has 202 valence electrons. The number of nitrogens with one attached hydrogen (secondary N) is 4. The van der Waals surface area contributed by atoms with E-state index >= 15 is 0 Å². The van der Waals surface area contributed by atoms with E-state index in [1.807, 2.05) is 0 Å². The number of hydrogen-bond acceptors (Lipinski definition) is 6. The van der Waals surface area contributed by atoms with Gasteiger partial charge in [0.25, 0.3) is 21.8 Å². The maximum absolute atomic E-state index is 14.0. The minimum absolute atomic E-state index is 0.0997. The molecule has 0 fully saturated rings. The van der Waals surface area contributed by atoms with Crippen LogP contribution in [-0.2, 0) is 24.8 Å². The minimum atomic E-state index is -4.40. The summed E-state index contributed by atoms with van der Waals surface area (Å²) in [6.07, 6.45) is 0. The monoisotopic (exact) mass is 582 g/mol. The number of benzene rings is 3. The van der Waals surface area contributed by atoms with E-state index in [0.29, 0.717) is 5.02 Å². The van der Waals surface area contributed by atoms with Gasteiger partial charge in [-0.15, -0.1) is 0 Å². The summed E-state index contributed by atoms with van der Waals surface area (Å²) in [5.41, 5.74) is 4.40. The molecular formula is C24H24ClFN4O6S2. The number of amides is 2. The molecule has 0 spiro atoms. The molecule has 0 aliphatic rings. The molecule has 1 atom stereocenters. The Hall–Kier alpha value is -3.52. The molecule has 4 N–H and O–H groups in total. The van der Waals surface area contributed by atoms with Crippen molar-refractivity contribution in [2.24, 2.45) is 5.92 Å². The van der Waals surface area contributed by atoms with Crippen LogP contribution in [0.15, 0.2) is 82.6 Å². The van der Waals surface area contributed by atoms with E-state index in [9.17, 15) is 30.8 Å². The fourth-order valence-electron chi connectivity index (χ4n) is 3.19. The maximum Gasteiger partial charge on any atom is 0.269 e. The molecule has 0 unspecified atom stereocenters. The van der Waals surface area contributed by atoms with Crippen LogP contribution < -0.4 is 20.3 Å². The van der Waals surface area contributed by atoms with Crippen molar-refractivity contribution in [1.29, 1.82) is 0 Å². The molecule has 2 amide bonds. The second-order valence-electron chi connectivity index (χ2n) is 8.36. The molecule has 14 heteroatoms. The molecule has 0 saturated heterocycles. The quantitative estimate of drug-likeness (QED) is 0.285. The van der Waals surface area contributed by atoms with Crippen LogP contribution in [0, 0.1) is 11.7 Å². The molecule has 3 aromatic carbocycles. The Bertz CT molecular complexity index is 1550. The van der Waals surface area contributed by atoms with E-state index < -0.39 is 54.5 Å². The van der Waals surface area contributed by atoms with Crippen molar-refractivity contribution >= 4 is 49.1 Å². The van der Waals surface area contributed by atoms with Gasteiger partial charge in [0.2, 0.25) is 10.0 Å². The van der Waals surface area contributed by atoms with Crippen LogP contribution in [0.2, 0.25) is 5.02 Å². The van der Waals surface area contributed by atoms with Crippen molar-refractivity contribution in [3.63, 3.8) is 0 Å². The molecule has 3 rings (SSSR count). The van der Waals surface area contributed by atoms with Crippen molar-refractivity contribution in [1.82, 2.24) is 15.6 Å². The van der Waals surface area contributed by atoms with Crippen molar-refractivity contribution in [2.75, 3.05) is 4.72 Å². The van der Waals surface area contributed by atoms with E-state index in [2.05, 4.69) is 20.3 Å². The molecule has 38 heavy (non-hydrogen) atoms. The molecule has 0 saturated carbocycles. The van der Waals surface area contributed by atoms with Gasteiger partial charge in [-0.3, -0.25) is 25.2 Å². The van der Waals surface area contributed by atoms with Gasteiger partial charge in [-0.1, -0.05) is 43.6 Å². The zero-order valence-corrected chi connectivity index (χ0v) is 22.5. The van der Waals surface area contributed by atoms with Gasteiger partial charge in [-0.05, 0) is 60.5 Å². The first-order chi connectivity index (χ1) is 17.8. The Morgan fingerprint density at radius 1 is 0.842 bits per heavy atom. The lowest BCUT2D eigenvalue weighted by molar-refractivity contribution is -0.124. The normalized spacial score (nSPS) is 12.6. The number of hydrogen-bond donors (Lipinski definition) is 4. The Morgan fingerprint density at radius 2 is 1.50 bits per heavy atom. The first-order valence-electron chi connectivity index (χ1n) is 11.1. The van der Waals surface area contributed by atoms with Crippen LogP contribution in [0.25, 0.3) is 0 Å². The second kappa shape index (κ2) is 11.9. The maximum atomic E-state index is 14.0. The van der Waals surface area contributed by atoms with Gasteiger partial charge in [0.05, 0.1) is 4.90 Å². The van der Waals surface area contributed by atoms with Gasteiger partial charge in [-0.2, -0.15) is 4.72 Å². The minimum Gasteiger partial charge on any atom is -0.280 e. The third-order valence-corrected chi connectivity index (χ3v) is 8.26. The van der Waals surface area contributed by atoms with Crippen LogP contribution in [0.4, 0.5) is 10.1 Å². The lowest BCUT2D eigenvalue weighted by Crippen LogP contribution is -2.54. The Balaban J connectivity index is 1.70. The topological polar surface area (TPSA) is 151 Å². The molecule has 0 bridgehead atoms. The summed E-state index contributed by atoms with van der Waals surface area (Å²) >= 11 is 5.81. The number of carbonyl (C=O) groups is 2. The highest BCUT2D eigenvalue weighted by atomic mass is 35.5. The van der Waals surface area contributed by atoms with Gasteiger partial charge in [0.15, 0.2) is 0 Å². The SMILES string of the molecule is CC(C)[C@H](NS(=O)(=O)c1ccccc1F)C(=O)NNC(=O)c1cccc(S(=O)(=O)Nc2ccc(Cl)cc2)c1. The highest BCUT2D eigenvalue weighted by molar-refractivity contribution is 7.92. The van der Waals surface area contributed by atoms with E-state index in [4.69, 9.17) is 11.6 Å². The van der Waals surface area contributed by atoms with E-state index in [0.717, 1.165) is 18.2 Å². The van der Waals surface area contributed by atoms with Crippen LogP contribution in [0.5, 0.6) is 0 Å². The number of hydrazine groups is 1. The molecule has 0 aliphatic carbocycles. The highest BCUT2D eigenvalue weighted by Crippen LogP contribution is 2.19. The molecular weight excluding hydrogens is 559 g/mol. The molecule has 0 radical (unpaired) electrons. The first-order valence-corrected chi connectivity index (χ1v) is 14.4. The Morgan fingerprint density at radius 3 is 2.13 bits per heavy atom. The first kappa shape index (κ1) is 29.0. The summed E-state index contributed by atoms with van der Waals surface area (Å²) in [6.45, 7) is 3.11. The second-order valence-corrected chi connectivity index (χ2v) is 12.2. The molecule has 0 aromatic heterocycles. The molecule has 0 heterocycles. The fraction of sp³-hybridized carbons (Fsp3) is 0.167. The van der Waals surface area contributed by atoms with Crippen molar-refractivity contribution in [2.45, 2.75) is 29.7 Å². The summed E-state index contributed by atoms with van der Waals surface area (Å²) in [7, 11) is -8.46. The van der Waals surface area contributed by atoms with Crippen LogP contribution in [0.1, 0.15) is 24.2 Å². The van der Waals surface area contributed by atoms with E-state index in [-0.39, 0.29) is 16.1 Å². The smallest absolute Gasteiger partial charge is 0.269 e. The summed E-state index contributed by atoms with van der Waals surface area (Å²) in [5.74, 6) is -3.35. The number of rotatable bonds is 9. The Labute approximate surface area is 224 Å². The summed E-state index contributed by atoms with van der Waals surface area (Å²) in [4.78, 5) is 24.5. The van der Waals surface area contributed by atoms with Gasteiger partial charge < -0.3 is 0 Å². The summed E-state index contributed by atoms with van der Waals surface area (Å²) in [5, 5.41) is 0.424. The third-order valence-electron chi connectivity index (χ3n) is 5.16. The molecule has 3 aromatic rings. The van der Waals surface area contributed by atoms with Gasteiger partial charge >= 0.3 is 0 Å². The van der Waals surface area contributed by atoms with Crippen molar-refractivity contribution in [3.05, 3.63) is 89.2 Å². The van der Waals surface area contributed by atoms with E-state index in [1.165, 1.54) is 54.6 Å². The number of anilines is 1. The van der Waals surface area contributed by atoms with Gasteiger partial charge in [-0.25, -0.2) is 21.2 Å². The fourth-order valence-corrected chi connectivity index (χ4v) is 5.84. The van der Waals surface area contributed by atoms with Crippen LogP contribution >= 0.6 is 11.6 Å². The predicted octanol–water partition coefficient (Wildman–Crippen LogP) is 3.04. The third kappa shape index (κ3) is 7.28. The zero-order chi connectivity index (χ0) is 28.1. The van der Waals surface area contributed by atoms with Crippen LogP contribution in [0.3, 0.4) is 0 Å². The average Bonchev–Trinajstić information content (AvgIpc) is 2.87. The summed E-state index contributed by atoms with van der Waals surface area (Å²) < 4.78 is 69.2. The average molecular weight is 583 g/mol. The molecule has 10 nitrogen and oxygen atoms in total. The Kier molecular flexibility index (Phi) is 9.09. The molecule has 0 aliphatic heterocycles. The lowest BCUT2D eigenvalue weighted by atomic mass is 10.1. The largest absolute Gasteiger partial charge is 0.280 e.